The van der Waals surface area contributed by atoms with Crippen molar-refractivity contribution in [2.75, 3.05) is 6.79 Å². The lowest BCUT2D eigenvalue weighted by Crippen LogP contribution is -2.41. The monoisotopic (exact) mass is 244 g/mol. The zero-order valence-corrected chi connectivity index (χ0v) is 12.6. The van der Waals surface area contributed by atoms with Gasteiger partial charge in [-0.2, -0.15) is 0 Å². The summed E-state index contributed by atoms with van der Waals surface area (Å²) in [4.78, 5) is 0. The maximum atomic E-state index is 6.01. The molecule has 3 heteroatoms. The van der Waals surface area contributed by atoms with E-state index < -0.39 is 8.32 Å². The molecular weight excluding hydrogens is 216 g/mol. The molecule has 0 bridgehead atoms. The first-order chi connectivity index (χ1) is 7.33. The minimum atomic E-state index is -1.61. The molecule has 0 spiro atoms. The van der Waals surface area contributed by atoms with E-state index in [2.05, 4.69) is 33.9 Å². The second kappa shape index (κ2) is 5.65. The molecule has 0 aromatic heterocycles. The molecule has 1 saturated carbocycles. The summed E-state index contributed by atoms with van der Waals surface area (Å²) in [5, 5.41) is 0.281. The third-order valence-corrected chi connectivity index (χ3v) is 8.53. The van der Waals surface area contributed by atoms with Crippen molar-refractivity contribution in [2.24, 2.45) is 0 Å². The normalized spacial score (nSPS) is 20.1. The Kier molecular flexibility index (Phi) is 5.01. The van der Waals surface area contributed by atoms with E-state index in [1.54, 1.807) is 0 Å². The van der Waals surface area contributed by atoms with E-state index in [0.717, 1.165) is 0 Å². The average molecular weight is 244 g/mol. The van der Waals surface area contributed by atoms with Crippen LogP contribution in [0.2, 0.25) is 18.1 Å². The summed E-state index contributed by atoms with van der Waals surface area (Å²) in [5.74, 6) is 0. The fourth-order valence-electron chi connectivity index (χ4n) is 1.73. The summed E-state index contributed by atoms with van der Waals surface area (Å²) >= 11 is 0. The number of ether oxygens (including phenoxy) is 1. The highest BCUT2D eigenvalue weighted by Crippen LogP contribution is 2.36. The molecule has 1 aliphatic rings. The Balaban J connectivity index is 2.23. The molecule has 0 unspecified atom stereocenters. The molecule has 2 nitrogen and oxygen atoms in total. The van der Waals surface area contributed by atoms with Gasteiger partial charge in [0.25, 0.3) is 0 Å². The second-order valence-electron chi connectivity index (χ2n) is 6.45. The molecule has 96 valence electrons. The van der Waals surface area contributed by atoms with Gasteiger partial charge in [-0.3, -0.25) is 0 Å². The molecule has 0 heterocycles. The lowest BCUT2D eigenvalue weighted by Gasteiger charge is -2.36. The SMILES string of the molecule is CC(C)(C)[Si](C)(C)OCOC1CCCCC1. The molecule has 16 heavy (non-hydrogen) atoms. The van der Waals surface area contributed by atoms with Crippen LogP contribution in [0.4, 0.5) is 0 Å². The van der Waals surface area contributed by atoms with Crippen LogP contribution in [0, 0.1) is 0 Å². The van der Waals surface area contributed by atoms with Gasteiger partial charge in [-0.1, -0.05) is 40.0 Å². The summed E-state index contributed by atoms with van der Waals surface area (Å²) in [6.45, 7) is 11.8. The summed E-state index contributed by atoms with van der Waals surface area (Å²) in [6.07, 6.45) is 6.93. The second-order valence-corrected chi connectivity index (χ2v) is 11.3. The van der Waals surface area contributed by atoms with Crippen molar-refractivity contribution < 1.29 is 9.16 Å². The van der Waals surface area contributed by atoms with Crippen LogP contribution in [-0.2, 0) is 9.16 Å². The summed E-state index contributed by atoms with van der Waals surface area (Å²) in [7, 11) is -1.61. The van der Waals surface area contributed by atoms with Crippen LogP contribution in [-0.4, -0.2) is 21.2 Å². The van der Waals surface area contributed by atoms with Gasteiger partial charge in [-0.05, 0) is 31.0 Å². The van der Waals surface area contributed by atoms with Gasteiger partial charge in [0.15, 0.2) is 8.32 Å². The highest BCUT2D eigenvalue weighted by atomic mass is 28.4. The molecule has 0 aromatic rings. The van der Waals surface area contributed by atoms with E-state index >= 15 is 0 Å². The van der Waals surface area contributed by atoms with Crippen molar-refractivity contribution in [3.8, 4) is 0 Å². The average Bonchev–Trinajstić information content (AvgIpc) is 2.17. The van der Waals surface area contributed by atoms with Gasteiger partial charge >= 0.3 is 0 Å². The van der Waals surface area contributed by atoms with E-state index in [9.17, 15) is 0 Å². The van der Waals surface area contributed by atoms with Crippen LogP contribution in [0.3, 0.4) is 0 Å². The third kappa shape index (κ3) is 4.19. The lowest BCUT2D eigenvalue weighted by molar-refractivity contribution is -0.0555. The van der Waals surface area contributed by atoms with Crippen molar-refractivity contribution >= 4 is 8.32 Å². The van der Waals surface area contributed by atoms with E-state index in [4.69, 9.17) is 9.16 Å². The third-order valence-electron chi connectivity index (χ3n) is 4.08. The molecular formula is C13H28O2Si. The van der Waals surface area contributed by atoms with E-state index in [-0.39, 0.29) is 5.04 Å². The lowest BCUT2D eigenvalue weighted by atomic mass is 9.98. The van der Waals surface area contributed by atoms with Gasteiger partial charge in [0.1, 0.15) is 6.79 Å². The Morgan fingerprint density at radius 3 is 2.12 bits per heavy atom. The molecule has 0 radical (unpaired) electrons. The molecule has 0 saturated heterocycles. The Morgan fingerprint density at radius 1 is 1.06 bits per heavy atom. The molecule has 0 N–H and O–H groups in total. The van der Waals surface area contributed by atoms with Gasteiger partial charge in [0, 0.05) is 0 Å². The molecule has 1 fully saturated rings. The van der Waals surface area contributed by atoms with Crippen LogP contribution in [0.25, 0.3) is 0 Å². The first-order valence-electron chi connectivity index (χ1n) is 6.58. The number of hydrogen-bond donors (Lipinski definition) is 0. The summed E-state index contributed by atoms with van der Waals surface area (Å²) in [5.41, 5.74) is 0. The van der Waals surface area contributed by atoms with Gasteiger partial charge in [-0.15, -0.1) is 0 Å². The molecule has 1 rings (SSSR count). The van der Waals surface area contributed by atoms with E-state index in [0.29, 0.717) is 12.9 Å². The number of hydrogen-bond acceptors (Lipinski definition) is 2. The Labute approximate surface area is 102 Å². The highest BCUT2D eigenvalue weighted by Gasteiger charge is 2.37. The first-order valence-corrected chi connectivity index (χ1v) is 9.49. The number of rotatable bonds is 4. The van der Waals surface area contributed by atoms with Crippen LogP contribution in [0.15, 0.2) is 0 Å². The van der Waals surface area contributed by atoms with Crippen molar-refractivity contribution in [1.29, 1.82) is 0 Å². The quantitative estimate of drug-likeness (QED) is 0.542. The van der Waals surface area contributed by atoms with E-state index in [1.807, 2.05) is 0 Å². The summed E-state index contributed by atoms with van der Waals surface area (Å²) < 4.78 is 11.8. The van der Waals surface area contributed by atoms with E-state index in [1.165, 1.54) is 32.1 Å². The van der Waals surface area contributed by atoms with Crippen LogP contribution in [0.1, 0.15) is 52.9 Å². The van der Waals surface area contributed by atoms with Crippen molar-refractivity contribution in [3.63, 3.8) is 0 Å². The van der Waals surface area contributed by atoms with Gasteiger partial charge in [0.2, 0.25) is 0 Å². The van der Waals surface area contributed by atoms with Gasteiger partial charge in [0.05, 0.1) is 6.10 Å². The minimum absolute atomic E-state index is 0.281. The van der Waals surface area contributed by atoms with Crippen LogP contribution >= 0.6 is 0 Å². The maximum Gasteiger partial charge on any atom is 0.195 e. The van der Waals surface area contributed by atoms with Crippen LogP contribution in [0.5, 0.6) is 0 Å². The zero-order valence-electron chi connectivity index (χ0n) is 11.6. The summed E-state index contributed by atoms with van der Waals surface area (Å²) in [6, 6.07) is 0. The van der Waals surface area contributed by atoms with Crippen molar-refractivity contribution in [3.05, 3.63) is 0 Å². The minimum Gasteiger partial charge on any atom is -0.395 e. The predicted molar refractivity (Wildman–Crippen MR) is 71.1 cm³/mol. The molecule has 0 atom stereocenters. The highest BCUT2D eigenvalue weighted by molar-refractivity contribution is 6.74. The molecule has 0 aliphatic heterocycles. The largest absolute Gasteiger partial charge is 0.395 e. The van der Waals surface area contributed by atoms with Crippen molar-refractivity contribution in [2.45, 2.75) is 77.1 Å². The van der Waals surface area contributed by atoms with Crippen LogP contribution < -0.4 is 0 Å². The first kappa shape index (κ1) is 14.2. The Bertz CT molecular complexity index is 202. The van der Waals surface area contributed by atoms with Gasteiger partial charge in [-0.25, -0.2) is 0 Å². The van der Waals surface area contributed by atoms with Gasteiger partial charge < -0.3 is 9.16 Å². The fourth-order valence-corrected chi connectivity index (χ4v) is 2.52. The standard InChI is InChI=1S/C13H28O2Si/c1-13(2,3)16(4,5)15-11-14-12-9-7-6-8-10-12/h12H,6-11H2,1-5H3. The Morgan fingerprint density at radius 2 is 1.62 bits per heavy atom. The van der Waals surface area contributed by atoms with Crippen molar-refractivity contribution in [1.82, 2.24) is 0 Å². The Hall–Kier alpha value is 0.137. The smallest absolute Gasteiger partial charge is 0.195 e. The maximum absolute atomic E-state index is 6.01. The molecule has 0 aromatic carbocycles. The molecule has 1 aliphatic carbocycles. The predicted octanol–water partition coefficient (Wildman–Crippen LogP) is 4.32. The molecule has 0 amide bonds. The zero-order chi connectivity index (χ0) is 12.2. The topological polar surface area (TPSA) is 18.5 Å². The fraction of sp³-hybridized carbons (Fsp3) is 1.00.